The average molecular weight is 221 g/mol. The Bertz CT molecular complexity index is 166. The molecule has 0 fully saturated rings. The van der Waals surface area contributed by atoms with Crippen LogP contribution in [-0.4, -0.2) is 37.2 Å². The summed E-state index contributed by atoms with van der Waals surface area (Å²) < 4.78 is 34.1. The third-order valence-electron chi connectivity index (χ3n) is 1.50. The van der Waals surface area contributed by atoms with E-state index in [0.717, 1.165) is 0 Å². The Morgan fingerprint density at radius 2 is 1.15 bits per heavy atom. The Labute approximate surface area is 102 Å². The number of nitrogens with one attached hydrogen (secondary N) is 1. The molecule has 0 amide bonds. The number of hydrogen-bond acceptors (Lipinski definition) is 4. The maximum absolute atomic E-state index is 8.52. The van der Waals surface area contributed by atoms with Gasteiger partial charge in [-0.05, 0) is 20.8 Å². The maximum atomic E-state index is 8.52. The predicted molar refractivity (Wildman–Crippen MR) is 43.1 cm³/mol. The average Bonchev–Trinajstić information content (AvgIpc) is 1.88. The number of rotatable bonds is 3. The summed E-state index contributed by atoms with van der Waals surface area (Å²) in [5.41, 5.74) is 0. The molecule has 76 valence electrons. The van der Waals surface area contributed by atoms with E-state index in [1.54, 1.807) is 4.90 Å². The fourth-order valence-electron chi connectivity index (χ4n) is 0.750. The second-order valence-electron chi connectivity index (χ2n) is 2.22. The Balaban J connectivity index is -0.000000150. The van der Waals surface area contributed by atoms with Crippen molar-refractivity contribution in [3.05, 3.63) is 0 Å². The van der Waals surface area contributed by atoms with Crippen LogP contribution in [0.5, 0.6) is 0 Å². The van der Waals surface area contributed by atoms with Crippen molar-refractivity contribution in [2.45, 2.75) is 20.8 Å². The summed E-state index contributed by atoms with van der Waals surface area (Å²) in [7, 11) is -5.17. The zero-order chi connectivity index (χ0) is 10.2. The normalized spacial score (nSPS) is 10.0. The molecule has 0 radical (unpaired) electrons. The van der Waals surface area contributed by atoms with E-state index < -0.39 is 10.4 Å². The zero-order valence-electron chi connectivity index (χ0n) is 8.66. The van der Waals surface area contributed by atoms with Crippen molar-refractivity contribution in [2.75, 3.05) is 19.6 Å². The largest absolute Gasteiger partial charge is 1.00 e. The molecule has 0 spiro atoms. The topological polar surface area (TPSA) is 84.7 Å². The number of hydrogen-bond donors (Lipinski definition) is 1. The van der Waals surface area contributed by atoms with Crippen LogP contribution in [0.25, 0.3) is 0 Å². The minimum atomic E-state index is -5.17. The van der Waals surface area contributed by atoms with Gasteiger partial charge in [0, 0.05) is 10.4 Å². The van der Waals surface area contributed by atoms with E-state index in [1.165, 1.54) is 19.6 Å². The van der Waals surface area contributed by atoms with Gasteiger partial charge in [-0.25, -0.2) is 0 Å². The summed E-state index contributed by atoms with van der Waals surface area (Å²) in [4.78, 5) is 1.68. The van der Waals surface area contributed by atoms with Crippen molar-refractivity contribution in [3.8, 4) is 0 Å². The van der Waals surface area contributed by atoms with Gasteiger partial charge in [0.05, 0.1) is 19.6 Å². The van der Waals surface area contributed by atoms with Crippen molar-refractivity contribution < 1.29 is 52.0 Å². The van der Waals surface area contributed by atoms with Crippen LogP contribution in [-0.2, 0) is 10.4 Å². The number of quaternary nitrogens is 1. The molecule has 0 aliphatic rings. The summed E-state index contributed by atoms with van der Waals surface area (Å²) in [6.45, 7) is 10.5. The first kappa shape index (κ1) is 19.4. The van der Waals surface area contributed by atoms with Crippen LogP contribution >= 0.6 is 0 Å². The summed E-state index contributed by atoms with van der Waals surface area (Å²) in [6, 6.07) is 0. The monoisotopic (exact) mass is 221 g/mol. The molecular formula is C6H16NNaO4S. The van der Waals surface area contributed by atoms with E-state index in [2.05, 4.69) is 20.8 Å². The molecule has 0 aromatic heterocycles. The minimum absolute atomic E-state index is 0. The van der Waals surface area contributed by atoms with Crippen LogP contribution in [0.15, 0.2) is 0 Å². The van der Waals surface area contributed by atoms with Crippen molar-refractivity contribution in [3.63, 3.8) is 0 Å². The van der Waals surface area contributed by atoms with Crippen LogP contribution in [0.2, 0.25) is 0 Å². The van der Waals surface area contributed by atoms with Gasteiger partial charge in [-0.1, -0.05) is 0 Å². The Hall–Kier alpha value is 0.830. The third kappa shape index (κ3) is 32.3. The molecule has 0 heterocycles. The van der Waals surface area contributed by atoms with Crippen molar-refractivity contribution in [1.29, 1.82) is 0 Å². The van der Waals surface area contributed by atoms with Gasteiger partial charge in [-0.2, -0.15) is 0 Å². The first-order valence-corrected chi connectivity index (χ1v) is 5.18. The van der Waals surface area contributed by atoms with E-state index in [0.29, 0.717) is 0 Å². The molecule has 0 aliphatic carbocycles. The molecule has 0 saturated heterocycles. The second kappa shape index (κ2) is 10.9. The molecule has 0 bridgehead atoms. The first-order valence-electron chi connectivity index (χ1n) is 3.85. The van der Waals surface area contributed by atoms with Gasteiger partial charge in [0.1, 0.15) is 0 Å². The smallest absolute Gasteiger partial charge is 0.759 e. The summed E-state index contributed by atoms with van der Waals surface area (Å²) >= 11 is 0. The molecule has 0 aromatic carbocycles. The molecule has 0 unspecified atom stereocenters. The Morgan fingerprint density at radius 3 is 1.15 bits per heavy atom. The van der Waals surface area contributed by atoms with Gasteiger partial charge in [0.25, 0.3) is 0 Å². The second-order valence-corrected chi connectivity index (χ2v) is 3.04. The van der Waals surface area contributed by atoms with Crippen LogP contribution in [0.4, 0.5) is 0 Å². The molecule has 0 aliphatic heterocycles. The van der Waals surface area contributed by atoms with Crippen LogP contribution < -0.4 is 34.5 Å². The molecule has 0 atom stereocenters. The summed E-state index contributed by atoms with van der Waals surface area (Å²) in [6.07, 6.45) is 0. The van der Waals surface area contributed by atoms with Crippen molar-refractivity contribution in [1.82, 2.24) is 0 Å². The quantitative estimate of drug-likeness (QED) is 0.296. The van der Waals surface area contributed by atoms with E-state index in [-0.39, 0.29) is 29.6 Å². The maximum Gasteiger partial charge on any atom is 1.00 e. The van der Waals surface area contributed by atoms with Gasteiger partial charge >= 0.3 is 29.6 Å². The molecular weight excluding hydrogens is 205 g/mol. The van der Waals surface area contributed by atoms with Crippen LogP contribution in [0, 0.1) is 0 Å². The van der Waals surface area contributed by atoms with Gasteiger partial charge in [-0.15, -0.1) is 0 Å². The molecule has 0 saturated carbocycles. The zero-order valence-corrected chi connectivity index (χ0v) is 11.5. The van der Waals surface area contributed by atoms with Gasteiger partial charge < -0.3 is 14.0 Å². The third-order valence-corrected chi connectivity index (χ3v) is 1.50. The fraction of sp³-hybridized carbons (Fsp3) is 1.00. The predicted octanol–water partition coefficient (Wildman–Crippen LogP) is -4.40. The first-order chi connectivity index (χ1) is 5.35. The summed E-state index contributed by atoms with van der Waals surface area (Å²) in [5.74, 6) is 0. The van der Waals surface area contributed by atoms with E-state index in [1.807, 2.05) is 0 Å². The van der Waals surface area contributed by atoms with E-state index in [9.17, 15) is 0 Å². The molecule has 0 rings (SSSR count). The van der Waals surface area contributed by atoms with Gasteiger partial charge in [0.15, 0.2) is 0 Å². The molecule has 0 aromatic rings. The van der Waals surface area contributed by atoms with Gasteiger partial charge in [-0.3, -0.25) is 8.42 Å². The van der Waals surface area contributed by atoms with Crippen molar-refractivity contribution in [2.24, 2.45) is 0 Å². The SMILES string of the molecule is CC[NH+](CC)CC.O=S(=O)([O-])[O-].[Na+]. The molecule has 5 nitrogen and oxygen atoms in total. The van der Waals surface area contributed by atoms with E-state index >= 15 is 0 Å². The molecule has 1 N–H and O–H groups in total. The minimum Gasteiger partial charge on any atom is -0.759 e. The molecule has 7 heteroatoms. The summed E-state index contributed by atoms with van der Waals surface area (Å²) in [5, 5.41) is 0. The van der Waals surface area contributed by atoms with Crippen LogP contribution in [0.1, 0.15) is 20.8 Å². The standard InChI is InChI=1S/C6H15N.Na.H2O4S/c1-4-7(5-2)6-3;;1-5(2,3)4/h4-6H2,1-3H3;;(H2,1,2,3,4)/q;+1;/p-1. The van der Waals surface area contributed by atoms with E-state index in [4.69, 9.17) is 17.5 Å². The molecule has 13 heavy (non-hydrogen) atoms. The Morgan fingerprint density at radius 1 is 1.00 bits per heavy atom. The Kier molecular flexibility index (Phi) is 16.3. The van der Waals surface area contributed by atoms with Crippen molar-refractivity contribution >= 4 is 10.4 Å². The van der Waals surface area contributed by atoms with Crippen LogP contribution in [0.3, 0.4) is 0 Å². The fourth-order valence-corrected chi connectivity index (χ4v) is 0.750. The van der Waals surface area contributed by atoms with Gasteiger partial charge in [0.2, 0.25) is 0 Å².